The molecule has 98 valence electrons. The summed E-state index contributed by atoms with van der Waals surface area (Å²) < 4.78 is 45.1. The summed E-state index contributed by atoms with van der Waals surface area (Å²) in [5.74, 6) is 0.239. The lowest BCUT2D eigenvalue weighted by Gasteiger charge is -2.33. The fourth-order valence-corrected chi connectivity index (χ4v) is 1.68. The van der Waals surface area contributed by atoms with Crippen LogP contribution in [0.1, 0.15) is 20.7 Å². The van der Waals surface area contributed by atoms with E-state index in [-0.39, 0.29) is 5.75 Å². The van der Waals surface area contributed by atoms with Gasteiger partial charge in [0.1, 0.15) is 5.75 Å². The quantitative estimate of drug-likeness (QED) is 0.831. The maximum absolute atomic E-state index is 8.56. The van der Waals surface area contributed by atoms with Gasteiger partial charge < -0.3 is 14.2 Å². The SMILES string of the molecule is [2H]C([2H])([2H])Oc1ccc2c(ccn2C([2H])([2H])C(C)(C)N(C)C)c1. The number of hydrogen-bond donors (Lipinski definition) is 0. The molecular weight excluding hydrogens is 224 g/mol. The van der Waals surface area contributed by atoms with Crippen LogP contribution in [-0.2, 0) is 6.50 Å². The fourth-order valence-electron chi connectivity index (χ4n) is 1.68. The minimum absolute atomic E-state index is 0.239. The highest BCUT2D eigenvalue weighted by molar-refractivity contribution is 5.81. The molecule has 1 heterocycles. The predicted molar refractivity (Wildman–Crippen MR) is 76.3 cm³/mol. The molecule has 18 heavy (non-hydrogen) atoms. The molecule has 0 aliphatic rings. The Morgan fingerprint density at radius 1 is 1.39 bits per heavy atom. The monoisotopic (exact) mass is 251 g/mol. The molecule has 2 aromatic rings. The third-order valence-electron chi connectivity index (χ3n) is 3.29. The molecule has 0 saturated carbocycles. The van der Waals surface area contributed by atoms with Crippen LogP contribution < -0.4 is 4.74 Å². The van der Waals surface area contributed by atoms with Crippen molar-refractivity contribution in [3.63, 3.8) is 0 Å². The molecule has 3 nitrogen and oxygen atoms in total. The largest absolute Gasteiger partial charge is 0.497 e. The van der Waals surface area contributed by atoms with Crippen molar-refractivity contribution in [2.24, 2.45) is 0 Å². The summed E-state index contributed by atoms with van der Waals surface area (Å²) in [7, 11) is 1.18. The average Bonchev–Trinajstić information content (AvgIpc) is 2.79. The second-order valence-electron chi connectivity index (χ2n) is 5.07. The fraction of sp³-hybridized carbons (Fsp3) is 0.467. The summed E-state index contributed by atoms with van der Waals surface area (Å²) in [6.45, 7) is 2.01. The standard InChI is InChI=1S/C15H22N2O/c1-15(2,16(3)4)11-17-9-8-12-10-13(18-5)6-7-14(12)17/h6-10H,11H2,1-5H3/i5D3,11D2. The van der Waals surface area contributed by atoms with Gasteiger partial charge in [0, 0.05) is 29.1 Å². The van der Waals surface area contributed by atoms with Gasteiger partial charge in [0.25, 0.3) is 0 Å². The smallest absolute Gasteiger partial charge is 0.119 e. The number of benzene rings is 1. The number of nitrogens with zero attached hydrogens (tertiary/aromatic N) is 2. The van der Waals surface area contributed by atoms with Gasteiger partial charge in [-0.1, -0.05) is 0 Å². The first-order valence-electron chi connectivity index (χ1n) is 8.34. The molecule has 0 spiro atoms. The van der Waals surface area contributed by atoms with E-state index in [2.05, 4.69) is 0 Å². The van der Waals surface area contributed by atoms with E-state index in [0.29, 0.717) is 5.52 Å². The highest BCUT2D eigenvalue weighted by atomic mass is 16.5. The summed E-state index contributed by atoms with van der Waals surface area (Å²) in [6.07, 6.45) is 1.68. The van der Waals surface area contributed by atoms with Gasteiger partial charge in [0.05, 0.1) is 13.9 Å². The van der Waals surface area contributed by atoms with Gasteiger partial charge in [0.15, 0.2) is 0 Å². The van der Waals surface area contributed by atoms with Crippen LogP contribution in [0.3, 0.4) is 0 Å². The van der Waals surface area contributed by atoms with Gasteiger partial charge in [-0.05, 0) is 52.2 Å². The first-order valence-corrected chi connectivity index (χ1v) is 5.84. The molecule has 0 aliphatic carbocycles. The number of fused-ring (bicyclic) bond motifs is 1. The van der Waals surface area contributed by atoms with E-state index >= 15 is 0 Å². The summed E-state index contributed by atoms with van der Waals surface area (Å²) in [6, 6.07) is 6.59. The molecule has 0 atom stereocenters. The molecular formula is C15H22N2O. The van der Waals surface area contributed by atoms with Crippen LogP contribution >= 0.6 is 0 Å². The van der Waals surface area contributed by atoms with Crippen molar-refractivity contribution in [3.8, 4) is 5.75 Å². The second kappa shape index (κ2) is 4.65. The third-order valence-corrected chi connectivity index (χ3v) is 3.29. The van der Waals surface area contributed by atoms with E-state index < -0.39 is 19.1 Å². The van der Waals surface area contributed by atoms with Gasteiger partial charge in [0.2, 0.25) is 0 Å². The van der Waals surface area contributed by atoms with Gasteiger partial charge in [-0.15, -0.1) is 0 Å². The summed E-state index contributed by atoms with van der Waals surface area (Å²) in [4.78, 5) is 1.84. The Kier molecular flexibility index (Phi) is 2.03. The Morgan fingerprint density at radius 2 is 2.17 bits per heavy atom. The maximum Gasteiger partial charge on any atom is 0.119 e. The predicted octanol–water partition coefficient (Wildman–Crippen LogP) is 2.99. The Balaban J connectivity index is 2.48. The molecule has 0 N–H and O–H groups in total. The number of rotatable bonds is 4. The van der Waals surface area contributed by atoms with Gasteiger partial charge >= 0.3 is 0 Å². The normalized spacial score (nSPS) is 17.9. The lowest BCUT2D eigenvalue weighted by Crippen LogP contribution is -2.41. The molecule has 3 heteroatoms. The molecule has 2 rings (SSSR count). The highest BCUT2D eigenvalue weighted by Crippen LogP contribution is 2.24. The van der Waals surface area contributed by atoms with E-state index in [1.54, 1.807) is 35.0 Å². The average molecular weight is 251 g/mol. The van der Waals surface area contributed by atoms with Gasteiger partial charge in [-0.2, -0.15) is 0 Å². The van der Waals surface area contributed by atoms with Crippen LogP contribution in [0.4, 0.5) is 0 Å². The zero-order valence-electron chi connectivity index (χ0n) is 16.2. The number of aromatic nitrogens is 1. The minimum atomic E-state index is -2.50. The van der Waals surface area contributed by atoms with Crippen LogP contribution in [0.15, 0.2) is 30.5 Å². The first kappa shape index (κ1) is 7.85. The molecule has 0 unspecified atom stereocenters. The third kappa shape index (κ3) is 2.36. The Hall–Kier alpha value is -1.48. The maximum atomic E-state index is 8.56. The molecule has 1 aromatic heterocycles. The Bertz CT molecular complexity index is 703. The van der Waals surface area contributed by atoms with Crippen molar-refractivity contribution >= 4 is 10.9 Å². The van der Waals surface area contributed by atoms with Crippen LogP contribution in [0.2, 0.25) is 0 Å². The van der Waals surface area contributed by atoms with Crippen LogP contribution in [0, 0.1) is 0 Å². The number of likely N-dealkylation sites (N-methyl/N-ethyl adjacent to an activating group) is 1. The highest BCUT2D eigenvalue weighted by Gasteiger charge is 2.21. The van der Waals surface area contributed by atoms with E-state index in [9.17, 15) is 0 Å². The second-order valence-corrected chi connectivity index (χ2v) is 5.07. The van der Waals surface area contributed by atoms with E-state index in [1.165, 1.54) is 0 Å². The van der Waals surface area contributed by atoms with Crippen molar-refractivity contribution in [2.45, 2.75) is 25.9 Å². The number of methoxy groups -OCH3 is 1. The summed E-state index contributed by atoms with van der Waals surface area (Å²) in [5.41, 5.74) is -0.0601. The molecule has 0 amide bonds. The van der Waals surface area contributed by atoms with Gasteiger partial charge in [-0.3, -0.25) is 0 Å². The number of hydrogen-bond acceptors (Lipinski definition) is 2. The molecule has 0 fully saturated rings. The van der Waals surface area contributed by atoms with Crippen molar-refractivity contribution in [2.75, 3.05) is 21.1 Å². The molecule has 0 bridgehead atoms. The molecule has 0 aliphatic heterocycles. The topological polar surface area (TPSA) is 17.4 Å². The van der Waals surface area contributed by atoms with Crippen molar-refractivity contribution in [3.05, 3.63) is 30.5 Å². The van der Waals surface area contributed by atoms with Crippen molar-refractivity contribution in [1.29, 1.82) is 0 Å². The first-order chi connectivity index (χ1) is 10.4. The van der Waals surface area contributed by atoms with Crippen LogP contribution in [-0.4, -0.2) is 36.1 Å². The van der Waals surface area contributed by atoms with Crippen molar-refractivity contribution < 1.29 is 11.6 Å². The van der Waals surface area contributed by atoms with Crippen LogP contribution in [0.25, 0.3) is 10.9 Å². The van der Waals surface area contributed by atoms with Crippen molar-refractivity contribution in [1.82, 2.24) is 9.47 Å². The molecule has 0 saturated heterocycles. The zero-order chi connectivity index (χ0) is 17.6. The van der Waals surface area contributed by atoms with E-state index in [1.807, 2.05) is 32.8 Å². The van der Waals surface area contributed by atoms with Crippen LogP contribution in [0.5, 0.6) is 5.75 Å². The number of ether oxygens (including phenoxy) is 1. The Morgan fingerprint density at radius 3 is 2.83 bits per heavy atom. The summed E-state index contributed by atoms with van der Waals surface area (Å²) in [5, 5.41) is 0.727. The lowest BCUT2D eigenvalue weighted by molar-refractivity contribution is 0.171. The zero-order valence-corrected chi connectivity index (χ0v) is 11.2. The molecule has 1 aromatic carbocycles. The minimum Gasteiger partial charge on any atom is -0.497 e. The van der Waals surface area contributed by atoms with E-state index in [4.69, 9.17) is 11.6 Å². The van der Waals surface area contributed by atoms with Gasteiger partial charge in [-0.25, -0.2) is 0 Å². The Labute approximate surface area is 116 Å². The van der Waals surface area contributed by atoms with E-state index in [0.717, 1.165) is 5.39 Å². The molecule has 0 radical (unpaired) electrons. The lowest BCUT2D eigenvalue weighted by atomic mass is 10.0. The summed E-state index contributed by atoms with van der Waals surface area (Å²) >= 11 is 0.